The number of amides is 2. The lowest BCUT2D eigenvalue weighted by Gasteiger charge is -2.24. The Labute approximate surface area is 145 Å². The molecule has 1 aliphatic rings. The van der Waals surface area contributed by atoms with E-state index in [0.717, 1.165) is 17.5 Å². The van der Waals surface area contributed by atoms with E-state index in [2.05, 4.69) is 10.6 Å². The van der Waals surface area contributed by atoms with Gasteiger partial charge in [0.05, 0.1) is 13.7 Å². The number of rotatable bonds is 5. The Morgan fingerprint density at radius 3 is 2.88 bits per heavy atom. The van der Waals surface area contributed by atoms with Crippen LogP contribution in [0.15, 0.2) is 42.5 Å². The Hall–Kier alpha value is -2.60. The standard InChI is InChI=1S/C19H21FN2O3/c1-25-16-9-13(8-15(20)10-16)11-21-18(23)22-12-19(24)7-6-14-4-2-3-5-17(14)19/h2-5,8-10,24H,6-7,11-12H2,1H3,(H2,21,22,23). The van der Waals surface area contributed by atoms with E-state index in [1.165, 1.54) is 19.2 Å². The summed E-state index contributed by atoms with van der Waals surface area (Å²) in [6.45, 7) is 0.289. The third-order valence-corrected chi connectivity index (χ3v) is 4.49. The summed E-state index contributed by atoms with van der Waals surface area (Å²) in [4.78, 5) is 12.0. The molecule has 6 heteroatoms. The fourth-order valence-corrected chi connectivity index (χ4v) is 3.16. The van der Waals surface area contributed by atoms with E-state index in [0.29, 0.717) is 17.7 Å². The van der Waals surface area contributed by atoms with E-state index in [1.54, 1.807) is 6.07 Å². The minimum atomic E-state index is -1.05. The molecule has 2 aromatic carbocycles. The number of benzene rings is 2. The molecule has 132 valence electrons. The molecule has 1 aliphatic carbocycles. The van der Waals surface area contributed by atoms with Crippen molar-refractivity contribution in [3.8, 4) is 5.75 Å². The molecule has 5 nitrogen and oxygen atoms in total. The molecule has 0 radical (unpaired) electrons. The quantitative estimate of drug-likeness (QED) is 0.780. The molecule has 0 saturated heterocycles. The highest BCUT2D eigenvalue weighted by atomic mass is 19.1. The summed E-state index contributed by atoms with van der Waals surface area (Å²) in [6, 6.07) is 11.6. The highest BCUT2D eigenvalue weighted by Gasteiger charge is 2.36. The number of carbonyl (C=O) groups is 1. The molecule has 0 fully saturated rings. The molecular weight excluding hydrogens is 323 g/mol. The summed E-state index contributed by atoms with van der Waals surface area (Å²) in [5.41, 5.74) is 1.52. The lowest BCUT2D eigenvalue weighted by atomic mass is 9.96. The third-order valence-electron chi connectivity index (χ3n) is 4.49. The van der Waals surface area contributed by atoms with Gasteiger partial charge in [0, 0.05) is 12.6 Å². The van der Waals surface area contributed by atoms with Crippen LogP contribution < -0.4 is 15.4 Å². The van der Waals surface area contributed by atoms with Crippen molar-refractivity contribution >= 4 is 6.03 Å². The van der Waals surface area contributed by atoms with Crippen LogP contribution in [0.2, 0.25) is 0 Å². The molecular formula is C19H21FN2O3. The van der Waals surface area contributed by atoms with E-state index in [9.17, 15) is 14.3 Å². The smallest absolute Gasteiger partial charge is 0.315 e. The first-order valence-electron chi connectivity index (χ1n) is 8.16. The Bertz CT molecular complexity index is 781. The number of hydrogen-bond donors (Lipinski definition) is 3. The fourth-order valence-electron chi connectivity index (χ4n) is 3.16. The van der Waals surface area contributed by atoms with Crippen LogP contribution in [0.5, 0.6) is 5.75 Å². The van der Waals surface area contributed by atoms with Crippen LogP contribution in [0.1, 0.15) is 23.1 Å². The number of methoxy groups -OCH3 is 1. The summed E-state index contributed by atoms with van der Waals surface area (Å²) in [5, 5.41) is 16.1. The molecule has 2 amide bonds. The maximum Gasteiger partial charge on any atom is 0.315 e. The van der Waals surface area contributed by atoms with Crippen molar-refractivity contribution in [3.05, 3.63) is 65.0 Å². The normalized spacial score (nSPS) is 18.5. The number of fused-ring (bicyclic) bond motifs is 1. The molecule has 25 heavy (non-hydrogen) atoms. The van der Waals surface area contributed by atoms with Gasteiger partial charge >= 0.3 is 6.03 Å². The summed E-state index contributed by atoms with van der Waals surface area (Å²) in [6.07, 6.45) is 1.37. The molecule has 1 unspecified atom stereocenters. The topological polar surface area (TPSA) is 70.6 Å². The van der Waals surface area contributed by atoms with Gasteiger partial charge in [-0.25, -0.2) is 9.18 Å². The molecule has 1 atom stereocenters. The molecule has 0 bridgehead atoms. The van der Waals surface area contributed by atoms with E-state index in [1.807, 2.05) is 24.3 Å². The van der Waals surface area contributed by atoms with Crippen molar-refractivity contribution < 1.29 is 19.0 Å². The zero-order chi connectivity index (χ0) is 17.9. The number of aryl methyl sites for hydroxylation is 1. The number of hydrogen-bond acceptors (Lipinski definition) is 3. The maximum atomic E-state index is 13.4. The Balaban J connectivity index is 1.55. The molecule has 0 spiro atoms. The van der Waals surface area contributed by atoms with Gasteiger partial charge in [-0.2, -0.15) is 0 Å². The van der Waals surface area contributed by atoms with Crippen LogP contribution in [0.4, 0.5) is 9.18 Å². The van der Waals surface area contributed by atoms with Crippen LogP contribution in [0, 0.1) is 5.82 Å². The highest BCUT2D eigenvalue weighted by molar-refractivity contribution is 5.74. The monoisotopic (exact) mass is 344 g/mol. The molecule has 3 rings (SSSR count). The zero-order valence-corrected chi connectivity index (χ0v) is 14.0. The lowest BCUT2D eigenvalue weighted by molar-refractivity contribution is 0.0412. The minimum absolute atomic E-state index is 0.127. The van der Waals surface area contributed by atoms with Gasteiger partial charge in [-0.1, -0.05) is 24.3 Å². The highest BCUT2D eigenvalue weighted by Crippen LogP contribution is 2.36. The Morgan fingerprint density at radius 2 is 2.08 bits per heavy atom. The summed E-state index contributed by atoms with van der Waals surface area (Å²) in [7, 11) is 1.46. The van der Waals surface area contributed by atoms with Crippen LogP contribution >= 0.6 is 0 Å². The third kappa shape index (κ3) is 3.91. The van der Waals surface area contributed by atoms with Gasteiger partial charge in [-0.05, 0) is 41.7 Å². The second-order valence-corrected chi connectivity index (χ2v) is 6.22. The average molecular weight is 344 g/mol. The number of ether oxygens (including phenoxy) is 1. The predicted octanol–water partition coefficient (Wildman–Crippen LogP) is 2.47. The number of aliphatic hydroxyl groups is 1. The van der Waals surface area contributed by atoms with Crippen molar-refractivity contribution in [1.82, 2.24) is 10.6 Å². The first kappa shape index (κ1) is 17.2. The van der Waals surface area contributed by atoms with Crippen LogP contribution in [0.25, 0.3) is 0 Å². The van der Waals surface area contributed by atoms with E-state index in [-0.39, 0.29) is 13.1 Å². The predicted molar refractivity (Wildman–Crippen MR) is 91.9 cm³/mol. The lowest BCUT2D eigenvalue weighted by Crippen LogP contribution is -2.43. The Kier molecular flexibility index (Phi) is 4.90. The first-order chi connectivity index (χ1) is 12.0. The fraction of sp³-hybridized carbons (Fsp3) is 0.316. The van der Waals surface area contributed by atoms with Gasteiger partial charge in [0.1, 0.15) is 17.2 Å². The van der Waals surface area contributed by atoms with Gasteiger partial charge in [-0.3, -0.25) is 0 Å². The molecule has 0 heterocycles. The van der Waals surface area contributed by atoms with Crippen LogP contribution in [0.3, 0.4) is 0 Å². The molecule has 2 aromatic rings. The van der Waals surface area contributed by atoms with E-state index >= 15 is 0 Å². The van der Waals surface area contributed by atoms with E-state index in [4.69, 9.17) is 4.74 Å². The van der Waals surface area contributed by atoms with Gasteiger partial charge in [0.15, 0.2) is 0 Å². The second-order valence-electron chi connectivity index (χ2n) is 6.22. The maximum absolute atomic E-state index is 13.4. The van der Waals surface area contributed by atoms with Crippen molar-refractivity contribution in [3.63, 3.8) is 0 Å². The summed E-state index contributed by atoms with van der Waals surface area (Å²) < 4.78 is 18.4. The molecule has 0 aromatic heterocycles. The van der Waals surface area contributed by atoms with Gasteiger partial charge in [0.2, 0.25) is 0 Å². The van der Waals surface area contributed by atoms with Crippen LogP contribution in [-0.2, 0) is 18.6 Å². The summed E-state index contributed by atoms with van der Waals surface area (Å²) in [5.74, 6) is -0.0255. The van der Waals surface area contributed by atoms with Crippen LogP contribution in [-0.4, -0.2) is 24.8 Å². The molecule has 0 saturated carbocycles. The van der Waals surface area contributed by atoms with Crippen molar-refractivity contribution in [2.24, 2.45) is 0 Å². The minimum Gasteiger partial charge on any atom is -0.497 e. The molecule has 3 N–H and O–H groups in total. The number of nitrogens with one attached hydrogen (secondary N) is 2. The number of urea groups is 1. The zero-order valence-electron chi connectivity index (χ0n) is 14.0. The molecule has 0 aliphatic heterocycles. The Morgan fingerprint density at radius 1 is 1.28 bits per heavy atom. The van der Waals surface area contributed by atoms with Crippen molar-refractivity contribution in [2.75, 3.05) is 13.7 Å². The van der Waals surface area contributed by atoms with Gasteiger partial charge in [0.25, 0.3) is 0 Å². The summed E-state index contributed by atoms with van der Waals surface area (Å²) >= 11 is 0. The number of halogens is 1. The van der Waals surface area contributed by atoms with E-state index < -0.39 is 17.4 Å². The second kappa shape index (κ2) is 7.11. The SMILES string of the molecule is COc1cc(F)cc(CNC(=O)NCC2(O)CCc3ccccc32)c1. The van der Waals surface area contributed by atoms with Gasteiger partial charge in [-0.15, -0.1) is 0 Å². The average Bonchev–Trinajstić information content (AvgIpc) is 2.95. The largest absolute Gasteiger partial charge is 0.497 e. The van der Waals surface area contributed by atoms with Crippen molar-refractivity contribution in [2.45, 2.75) is 25.0 Å². The van der Waals surface area contributed by atoms with Crippen molar-refractivity contribution in [1.29, 1.82) is 0 Å². The number of carbonyl (C=O) groups excluding carboxylic acids is 1. The first-order valence-corrected chi connectivity index (χ1v) is 8.16. The van der Waals surface area contributed by atoms with Gasteiger partial charge < -0.3 is 20.5 Å².